The first kappa shape index (κ1) is 18.0. The molecule has 4 nitrogen and oxygen atoms in total. The van der Waals surface area contributed by atoms with Gasteiger partial charge in [-0.3, -0.25) is 0 Å². The van der Waals surface area contributed by atoms with E-state index in [-0.39, 0.29) is 13.2 Å². The molecule has 136 valence electrons. The van der Waals surface area contributed by atoms with Crippen molar-refractivity contribution in [3.8, 4) is 22.7 Å². The molecule has 0 spiro atoms. The van der Waals surface area contributed by atoms with Gasteiger partial charge in [-0.1, -0.05) is 17.7 Å². The second-order valence-corrected chi connectivity index (χ2v) is 5.76. The third-order valence-electron chi connectivity index (χ3n) is 3.79. The summed E-state index contributed by atoms with van der Waals surface area (Å²) in [5.41, 5.74) is 1.50. The molecule has 3 aromatic rings. The highest BCUT2D eigenvalue weighted by Crippen LogP contribution is 2.33. The zero-order valence-corrected chi connectivity index (χ0v) is 14.0. The minimum absolute atomic E-state index is 0.114. The zero-order chi connectivity index (χ0) is 18.7. The molecule has 0 aliphatic rings. The molecular weight excluding hydrogens is 345 g/mol. The lowest BCUT2D eigenvalue weighted by Crippen LogP contribution is -2.07. The van der Waals surface area contributed by atoms with Crippen LogP contribution in [0.3, 0.4) is 0 Å². The van der Waals surface area contributed by atoms with Gasteiger partial charge in [0.05, 0.1) is 18.0 Å². The van der Waals surface area contributed by atoms with Crippen LogP contribution in [0.15, 0.2) is 54.6 Å². The van der Waals surface area contributed by atoms with Crippen molar-refractivity contribution >= 4 is 0 Å². The average Bonchev–Trinajstić information content (AvgIpc) is 3.07. The molecular formula is C19H17F3N2O2. The van der Waals surface area contributed by atoms with E-state index in [2.05, 4.69) is 5.10 Å². The molecule has 0 atom stereocenters. The Bertz CT molecular complexity index is 869. The Balaban J connectivity index is 2.04. The number of aliphatic hydroxyl groups is 1. The van der Waals surface area contributed by atoms with Crippen LogP contribution < -0.4 is 4.74 Å². The predicted octanol–water partition coefficient (Wildman–Crippen LogP) is 4.24. The number of aryl methyl sites for hydroxylation is 1. The second-order valence-electron chi connectivity index (χ2n) is 5.76. The molecule has 0 aliphatic carbocycles. The monoisotopic (exact) mass is 362 g/mol. The lowest BCUT2D eigenvalue weighted by molar-refractivity contribution is -0.141. The number of halogens is 3. The van der Waals surface area contributed by atoms with Gasteiger partial charge in [0, 0.05) is 5.56 Å². The Hall–Kier alpha value is -2.80. The molecule has 26 heavy (non-hydrogen) atoms. The van der Waals surface area contributed by atoms with E-state index in [0.29, 0.717) is 22.7 Å². The van der Waals surface area contributed by atoms with Crippen LogP contribution in [0.2, 0.25) is 0 Å². The standard InChI is InChI=1S/C19H17F3N2O2/c1-13-2-6-15(7-3-13)24-17(12-18(23-24)19(20,21)22)14-4-8-16(9-5-14)26-11-10-25/h2-9,12,25H,10-11H2,1H3. The Kier molecular flexibility index (Phi) is 4.99. The molecule has 3 rings (SSSR count). The van der Waals surface area contributed by atoms with Crippen molar-refractivity contribution in [1.82, 2.24) is 9.78 Å². The van der Waals surface area contributed by atoms with E-state index < -0.39 is 11.9 Å². The summed E-state index contributed by atoms with van der Waals surface area (Å²) in [5.74, 6) is 0.528. The van der Waals surface area contributed by atoms with Crippen LogP contribution in [0.1, 0.15) is 11.3 Å². The van der Waals surface area contributed by atoms with Crippen LogP contribution in [0.4, 0.5) is 13.2 Å². The summed E-state index contributed by atoms with van der Waals surface area (Å²) in [4.78, 5) is 0. The highest BCUT2D eigenvalue weighted by Gasteiger charge is 2.35. The van der Waals surface area contributed by atoms with Gasteiger partial charge in [0.25, 0.3) is 0 Å². The van der Waals surface area contributed by atoms with E-state index in [1.807, 2.05) is 19.1 Å². The number of aliphatic hydroxyl groups excluding tert-OH is 1. The summed E-state index contributed by atoms with van der Waals surface area (Å²) in [7, 11) is 0. The number of nitrogens with zero attached hydrogens (tertiary/aromatic N) is 2. The molecule has 0 bridgehead atoms. The van der Waals surface area contributed by atoms with E-state index in [1.54, 1.807) is 36.4 Å². The molecule has 0 unspecified atom stereocenters. The lowest BCUT2D eigenvalue weighted by Gasteiger charge is -2.09. The molecule has 1 heterocycles. The van der Waals surface area contributed by atoms with E-state index in [4.69, 9.17) is 9.84 Å². The number of hydrogen-bond donors (Lipinski definition) is 1. The quantitative estimate of drug-likeness (QED) is 0.739. The first-order valence-corrected chi connectivity index (χ1v) is 7.97. The molecule has 1 N–H and O–H groups in total. The van der Waals surface area contributed by atoms with Gasteiger partial charge in [-0.05, 0) is 49.4 Å². The van der Waals surface area contributed by atoms with Gasteiger partial charge in [0.15, 0.2) is 5.69 Å². The Labute approximate surface area is 148 Å². The van der Waals surface area contributed by atoms with Gasteiger partial charge < -0.3 is 9.84 Å². The Morgan fingerprint density at radius 2 is 1.69 bits per heavy atom. The van der Waals surface area contributed by atoms with Crippen molar-refractivity contribution < 1.29 is 23.0 Å². The van der Waals surface area contributed by atoms with E-state index in [0.717, 1.165) is 11.6 Å². The van der Waals surface area contributed by atoms with Crippen LogP contribution in [0, 0.1) is 6.92 Å². The van der Waals surface area contributed by atoms with Gasteiger partial charge in [-0.15, -0.1) is 0 Å². The maximum Gasteiger partial charge on any atom is 0.435 e. The molecule has 0 aliphatic heterocycles. The summed E-state index contributed by atoms with van der Waals surface area (Å²) < 4.78 is 46.0. The summed E-state index contributed by atoms with van der Waals surface area (Å²) >= 11 is 0. The van der Waals surface area contributed by atoms with Gasteiger partial charge in [0.1, 0.15) is 12.4 Å². The van der Waals surface area contributed by atoms with Gasteiger partial charge in [-0.25, -0.2) is 4.68 Å². The molecule has 0 saturated carbocycles. The van der Waals surface area contributed by atoms with Gasteiger partial charge in [0.2, 0.25) is 0 Å². The highest BCUT2D eigenvalue weighted by atomic mass is 19.4. The minimum atomic E-state index is -4.53. The van der Waals surface area contributed by atoms with Crippen molar-refractivity contribution in [3.05, 3.63) is 65.9 Å². The third kappa shape index (κ3) is 3.88. The smallest absolute Gasteiger partial charge is 0.435 e. The summed E-state index contributed by atoms with van der Waals surface area (Å²) in [6, 6.07) is 14.7. The average molecular weight is 362 g/mol. The lowest BCUT2D eigenvalue weighted by atomic mass is 10.1. The van der Waals surface area contributed by atoms with Crippen LogP contribution in [-0.2, 0) is 6.18 Å². The number of benzene rings is 2. The molecule has 1 aromatic heterocycles. The molecule has 0 fully saturated rings. The summed E-state index contributed by atoms with van der Waals surface area (Å²) in [6.07, 6.45) is -4.53. The Morgan fingerprint density at radius 3 is 2.27 bits per heavy atom. The van der Waals surface area contributed by atoms with Crippen molar-refractivity contribution in [2.24, 2.45) is 0 Å². The fraction of sp³-hybridized carbons (Fsp3) is 0.211. The predicted molar refractivity (Wildman–Crippen MR) is 91.3 cm³/mol. The number of ether oxygens (including phenoxy) is 1. The Morgan fingerprint density at radius 1 is 1.04 bits per heavy atom. The van der Waals surface area contributed by atoms with Crippen molar-refractivity contribution in [3.63, 3.8) is 0 Å². The first-order chi connectivity index (χ1) is 12.4. The van der Waals surface area contributed by atoms with E-state index in [9.17, 15) is 13.2 Å². The molecule has 7 heteroatoms. The maximum absolute atomic E-state index is 13.2. The zero-order valence-electron chi connectivity index (χ0n) is 14.0. The van der Waals surface area contributed by atoms with Crippen LogP contribution in [-0.4, -0.2) is 28.1 Å². The minimum Gasteiger partial charge on any atom is -0.491 e. The molecule has 0 amide bonds. The molecule has 0 saturated heterocycles. The number of alkyl halides is 3. The number of rotatable bonds is 5. The van der Waals surface area contributed by atoms with Crippen LogP contribution in [0.5, 0.6) is 5.75 Å². The maximum atomic E-state index is 13.2. The van der Waals surface area contributed by atoms with Crippen LogP contribution >= 0.6 is 0 Å². The van der Waals surface area contributed by atoms with E-state index >= 15 is 0 Å². The number of aromatic nitrogens is 2. The largest absolute Gasteiger partial charge is 0.491 e. The fourth-order valence-electron chi connectivity index (χ4n) is 2.49. The van der Waals surface area contributed by atoms with Gasteiger partial charge in [-0.2, -0.15) is 18.3 Å². The molecule has 2 aromatic carbocycles. The number of hydrogen-bond acceptors (Lipinski definition) is 3. The van der Waals surface area contributed by atoms with Crippen molar-refractivity contribution in [2.75, 3.05) is 13.2 Å². The van der Waals surface area contributed by atoms with Crippen molar-refractivity contribution in [1.29, 1.82) is 0 Å². The highest BCUT2D eigenvalue weighted by molar-refractivity contribution is 5.64. The van der Waals surface area contributed by atoms with E-state index in [1.165, 1.54) is 4.68 Å². The second kappa shape index (κ2) is 7.21. The topological polar surface area (TPSA) is 47.3 Å². The third-order valence-corrected chi connectivity index (χ3v) is 3.79. The normalized spacial score (nSPS) is 11.6. The summed E-state index contributed by atoms with van der Waals surface area (Å²) in [6.45, 7) is 1.94. The SMILES string of the molecule is Cc1ccc(-n2nc(C(F)(F)F)cc2-c2ccc(OCCO)cc2)cc1. The first-order valence-electron chi connectivity index (χ1n) is 7.97. The summed E-state index contributed by atoms with van der Waals surface area (Å²) in [5, 5.41) is 12.5. The van der Waals surface area contributed by atoms with Crippen molar-refractivity contribution in [2.45, 2.75) is 13.1 Å². The molecule has 0 radical (unpaired) electrons. The van der Waals surface area contributed by atoms with Crippen LogP contribution in [0.25, 0.3) is 16.9 Å². The fourth-order valence-corrected chi connectivity index (χ4v) is 2.49. The van der Waals surface area contributed by atoms with Gasteiger partial charge >= 0.3 is 6.18 Å².